The van der Waals surface area contributed by atoms with E-state index in [1.54, 1.807) is 19.2 Å². The molecule has 0 aliphatic carbocycles. The van der Waals surface area contributed by atoms with Crippen molar-refractivity contribution >= 4 is 35.1 Å². The van der Waals surface area contributed by atoms with E-state index in [9.17, 15) is 4.79 Å². The third-order valence-corrected chi connectivity index (χ3v) is 6.17. The van der Waals surface area contributed by atoms with Gasteiger partial charge in [-0.05, 0) is 50.2 Å². The maximum atomic E-state index is 12.8. The molecule has 0 spiro atoms. The number of carbonyl (C=O) groups excluding carboxylic acids is 1. The van der Waals surface area contributed by atoms with Crippen LogP contribution in [0.1, 0.15) is 12.5 Å². The number of ether oxygens (including phenoxy) is 1. The second-order valence-electron chi connectivity index (χ2n) is 7.29. The number of halogens is 1. The highest BCUT2D eigenvalue weighted by Crippen LogP contribution is 2.34. The van der Waals surface area contributed by atoms with Gasteiger partial charge in [0.05, 0.1) is 22.9 Å². The first-order chi connectivity index (χ1) is 16.0. The zero-order chi connectivity index (χ0) is 23.4. The minimum absolute atomic E-state index is 0.202. The minimum Gasteiger partial charge on any atom is -0.496 e. The first-order valence-electron chi connectivity index (χ1n) is 10.2. The number of hydrogen-bond acceptors (Lipinski definition) is 6. The summed E-state index contributed by atoms with van der Waals surface area (Å²) in [5, 5.41) is 12.3. The number of anilines is 1. The zero-order valence-electron chi connectivity index (χ0n) is 18.3. The van der Waals surface area contributed by atoms with Gasteiger partial charge >= 0.3 is 0 Å². The molecule has 0 aliphatic heterocycles. The summed E-state index contributed by atoms with van der Waals surface area (Å²) in [5.74, 6) is 1.55. The fourth-order valence-electron chi connectivity index (χ4n) is 3.17. The van der Waals surface area contributed by atoms with Gasteiger partial charge in [-0.25, -0.2) is 4.98 Å². The van der Waals surface area contributed by atoms with Crippen LogP contribution in [0.4, 0.5) is 5.82 Å². The molecule has 4 aromatic rings. The fraction of sp³-hybridized carbons (Fsp3) is 0.167. The van der Waals surface area contributed by atoms with Crippen LogP contribution in [0, 0.1) is 6.92 Å². The van der Waals surface area contributed by atoms with Gasteiger partial charge in [0.25, 0.3) is 0 Å². The van der Waals surface area contributed by atoms with Gasteiger partial charge in [0, 0.05) is 11.9 Å². The Balaban J connectivity index is 1.67. The van der Waals surface area contributed by atoms with E-state index in [4.69, 9.17) is 16.3 Å². The Morgan fingerprint density at radius 3 is 2.55 bits per heavy atom. The number of nitrogens with zero attached hydrogens (tertiary/aromatic N) is 4. The highest BCUT2D eigenvalue weighted by molar-refractivity contribution is 8.00. The van der Waals surface area contributed by atoms with Gasteiger partial charge in [0.15, 0.2) is 11.0 Å². The molecule has 2 heterocycles. The number of nitrogens with one attached hydrogen (secondary N) is 1. The van der Waals surface area contributed by atoms with Crippen LogP contribution in [-0.4, -0.2) is 38.0 Å². The van der Waals surface area contributed by atoms with Crippen molar-refractivity contribution in [2.24, 2.45) is 0 Å². The van der Waals surface area contributed by atoms with E-state index in [2.05, 4.69) is 20.5 Å². The van der Waals surface area contributed by atoms with Crippen LogP contribution < -0.4 is 10.1 Å². The summed E-state index contributed by atoms with van der Waals surface area (Å²) in [5.41, 5.74) is 2.84. The highest BCUT2D eigenvalue weighted by atomic mass is 35.5. The number of hydrogen-bond donors (Lipinski definition) is 1. The van der Waals surface area contributed by atoms with Gasteiger partial charge in [0.1, 0.15) is 11.6 Å². The van der Waals surface area contributed by atoms with Crippen LogP contribution in [0.3, 0.4) is 0 Å². The number of amides is 1. The van der Waals surface area contributed by atoms with Crippen LogP contribution in [-0.2, 0) is 4.79 Å². The Morgan fingerprint density at radius 1 is 1.09 bits per heavy atom. The van der Waals surface area contributed by atoms with Gasteiger partial charge in [-0.3, -0.25) is 9.36 Å². The third-order valence-electron chi connectivity index (χ3n) is 4.90. The van der Waals surface area contributed by atoms with E-state index < -0.39 is 5.25 Å². The number of pyridine rings is 1. The molecule has 0 saturated carbocycles. The second kappa shape index (κ2) is 10.1. The Hall–Kier alpha value is -3.36. The molecule has 9 heteroatoms. The topological polar surface area (TPSA) is 81.9 Å². The molecular formula is C24H22ClN5O2S. The van der Waals surface area contributed by atoms with Crippen LogP contribution in [0.15, 0.2) is 72.0 Å². The summed E-state index contributed by atoms with van der Waals surface area (Å²) in [6.07, 6.45) is 1.49. The zero-order valence-corrected chi connectivity index (χ0v) is 19.9. The third kappa shape index (κ3) is 5.18. The molecule has 1 unspecified atom stereocenters. The number of thioether (sulfide) groups is 1. The maximum Gasteiger partial charge on any atom is 0.238 e. The minimum atomic E-state index is -0.457. The number of aryl methyl sites for hydroxylation is 1. The summed E-state index contributed by atoms with van der Waals surface area (Å²) >= 11 is 7.18. The molecule has 0 bridgehead atoms. The Labute approximate surface area is 201 Å². The van der Waals surface area contributed by atoms with Crippen molar-refractivity contribution in [1.82, 2.24) is 19.7 Å². The first-order valence-corrected chi connectivity index (χ1v) is 11.5. The number of aromatic nitrogens is 4. The number of rotatable bonds is 7. The van der Waals surface area contributed by atoms with Crippen molar-refractivity contribution in [3.8, 4) is 22.8 Å². The van der Waals surface area contributed by atoms with Crippen molar-refractivity contribution in [1.29, 1.82) is 0 Å². The molecule has 0 radical (unpaired) electrons. The van der Waals surface area contributed by atoms with E-state index >= 15 is 0 Å². The summed E-state index contributed by atoms with van der Waals surface area (Å²) in [7, 11) is 1.62. The summed E-state index contributed by atoms with van der Waals surface area (Å²) in [6.45, 7) is 3.84. The van der Waals surface area contributed by atoms with Gasteiger partial charge < -0.3 is 10.1 Å². The molecule has 4 rings (SSSR count). The molecule has 7 nitrogen and oxygen atoms in total. The average molecular weight is 480 g/mol. The lowest BCUT2D eigenvalue weighted by Crippen LogP contribution is -2.23. The lowest BCUT2D eigenvalue weighted by molar-refractivity contribution is -0.115. The molecule has 2 aromatic carbocycles. The summed E-state index contributed by atoms with van der Waals surface area (Å²) in [6, 6.07) is 19.0. The molecule has 1 N–H and O–H groups in total. The fourth-order valence-corrected chi connectivity index (χ4v) is 4.15. The van der Waals surface area contributed by atoms with Crippen LogP contribution >= 0.6 is 23.4 Å². The normalized spacial score (nSPS) is 11.8. The van der Waals surface area contributed by atoms with Crippen molar-refractivity contribution in [2.45, 2.75) is 24.3 Å². The molecule has 0 aliphatic rings. The highest BCUT2D eigenvalue weighted by Gasteiger charge is 2.23. The van der Waals surface area contributed by atoms with E-state index in [-0.39, 0.29) is 5.91 Å². The number of benzene rings is 2. The maximum absolute atomic E-state index is 12.8. The SMILES string of the molecule is COc1ccccc1-c1nnc(SC(C)C(=O)Nc2ccc(Cl)cn2)n1-c1ccc(C)cc1. The predicted octanol–water partition coefficient (Wildman–Crippen LogP) is 5.42. The summed E-state index contributed by atoms with van der Waals surface area (Å²) in [4.78, 5) is 16.9. The average Bonchev–Trinajstić information content (AvgIpc) is 3.24. The second-order valence-corrected chi connectivity index (χ2v) is 9.03. The van der Waals surface area contributed by atoms with Gasteiger partial charge in [-0.15, -0.1) is 10.2 Å². The van der Waals surface area contributed by atoms with Crippen molar-refractivity contribution < 1.29 is 9.53 Å². The van der Waals surface area contributed by atoms with Crippen LogP contribution in [0.5, 0.6) is 5.75 Å². The lowest BCUT2D eigenvalue weighted by Gasteiger charge is -2.15. The monoisotopic (exact) mass is 479 g/mol. The number of methoxy groups -OCH3 is 1. The molecule has 2 aromatic heterocycles. The van der Waals surface area contributed by atoms with E-state index in [1.807, 2.05) is 66.9 Å². The Bertz CT molecular complexity index is 1260. The number of para-hydroxylation sites is 1. The van der Waals surface area contributed by atoms with E-state index in [0.29, 0.717) is 27.6 Å². The van der Waals surface area contributed by atoms with Crippen molar-refractivity contribution in [2.75, 3.05) is 12.4 Å². The largest absolute Gasteiger partial charge is 0.496 e. The van der Waals surface area contributed by atoms with E-state index in [1.165, 1.54) is 18.0 Å². The molecule has 1 atom stereocenters. The van der Waals surface area contributed by atoms with E-state index in [0.717, 1.165) is 16.8 Å². The summed E-state index contributed by atoms with van der Waals surface area (Å²) < 4.78 is 7.48. The lowest BCUT2D eigenvalue weighted by atomic mass is 10.1. The standard InChI is InChI=1S/C24H22ClN5O2S/c1-15-8-11-18(12-9-15)30-22(19-6-4-5-7-20(19)32-3)28-29-24(30)33-16(2)23(31)27-21-13-10-17(25)14-26-21/h4-14,16H,1-3H3,(H,26,27,31). The van der Waals surface area contributed by atoms with Crippen molar-refractivity contribution in [3.05, 3.63) is 77.4 Å². The molecular weight excluding hydrogens is 458 g/mol. The first kappa shape index (κ1) is 22.8. The smallest absolute Gasteiger partial charge is 0.238 e. The predicted molar refractivity (Wildman–Crippen MR) is 131 cm³/mol. The molecule has 33 heavy (non-hydrogen) atoms. The Kier molecular flexibility index (Phi) is 6.96. The molecule has 168 valence electrons. The quantitative estimate of drug-likeness (QED) is 0.356. The van der Waals surface area contributed by atoms with Crippen molar-refractivity contribution in [3.63, 3.8) is 0 Å². The van der Waals surface area contributed by atoms with Crippen LogP contribution in [0.25, 0.3) is 17.1 Å². The molecule has 0 saturated heterocycles. The van der Waals surface area contributed by atoms with Gasteiger partial charge in [-0.1, -0.05) is 53.2 Å². The van der Waals surface area contributed by atoms with Crippen LogP contribution in [0.2, 0.25) is 5.02 Å². The van der Waals surface area contributed by atoms with Gasteiger partial charge in [0.2, 0.25) is 5.91 Å². The van der Waals surface area contributed by atoms with Gasteiger partial charge in [-0.2, -0.15) is 0 Å². The molecule has 0 fully saturated rings. The number of carbonyl (C=O) groups is 1. The Morgan fingerprint density at radius 2 is 1.85 bits per heavy atom. The molecule has 1 amide bonds.